The summed E-state index contributed by atoms with van der Waals surface area (Å²) in [7, 11) is 0. The van der Waals surface area contributed by atoms with Crippen LogP contribution < -0.4 is 0 Å². The molecule has 13 rings (SSSR count). The summed E-state index contributed by atoms with van der Waals surface area (Å²) in [5.41, 5.74) is 10.5. The third kappa shape index (κ3) is 4.43. The van der Waals surface area contributed by atoms with E-state index in [1.807, 2.05) is 12.1 Å². The Morgan fingerprint density at radius 1 is 0.259 bits per heavy atom. The van der Waals surface area contributed by atoms with Gasteiger partial charge in [0.25, 0.3) is 0 Å². The molecule has 0 spiro atoms. The predicted octanol–water partition coefficient (Wildman–Crippen LogP) is 16.3. The number of hydrogen-bond acceptors (Lipinski definition) is 2. The van der Waals surface area contributed by atoms with Crippen LogP contribution in [0.15, 0.2) is 203 Å². The number of para-hydroxylation sites is 2. The molecule has 0 aliphatic heterocycles. The third-order valence-corrected chi connectivity index (χ3v) is 12.4. The quantitative estimate of drug-likeness (QED) is 0.133. The largest absolute Gasteiger partial charge is 0.456 e. The number of hydrogen-bond donors (Lipinski definition) is 0. The molecule has 0 aliphatic rings. The lowest BCUT2D eigenvalue weighted by atomic mass is 9.83. The highest BCUT2D eigenvalue weighted by molar-refractivity contribution is 6.28. The average molecular weight is 737 g/mol. The van der Waals surface area contributed by atoms with E-state index in [0.717, 1.165) is 60.6 Å². The maximum atomic E-state index is 6.87. The molecule has 11 aromatic carbocycles. The van der Waals surface area contributed by atoms with Crippen LogP contribution in [-0.4, -0.2) is 0 Å². The van der Waals surface area contributed by atoms with Crippen molar-refractivity contribution in [1.29, 1.82) is 0 Å². The van der Waals surface area contributed by atoms with E-state index in [9.17, 15) is 0 Å². The van der Waals surface area contributed by atoms with E-state index in [-0.39, 0.29) is 0 Å². The van der Waals surface area contributed by atoms with Gasteiger partial charge in [-0.25, -0.2) is 0 Å². The molecular formula is C56H32O2. The first-order valence-corrected chi connectivity index (χ1v) is 19.9. The van der Waals surface area contributed by atoms with Crippen LogP contribution in [0.4, 0.5) is 0 Å². The van der Waals surface area contributed by atoms with Crippen LogP contribution in [0.25, 0.3) is 131 Å². The highest BCUT2D eigenvalue weighted by Crippen LogP contribution is 2.50. The summed E-state index contributed by atoms with van der Waals surface area (Å²) in [6, 6.07) is 70.4. The molecule has 0 saturated heterocycles. The lowest BCUT2D eigenvalue weighted by molar-refractivity contribution is 0.668. The molecule has 0 saturated carbocycles. The first-order chi connectivity index (χ1) is 28.8. The second kappa shape index (κ2) is 11.9. The third-order valence-electron chi connectivity index (χ3n) is 12.4. The molecule has 2 nitrogen and oxygen atoms in total. The molecule has 0 fully saturated rings. The van der Waals surface area contributed by atoms with Crippen LogP contribution in [-0.2, 0) is 0 Å². The Morgan fingerprint density at radius 2 is 0.810 bits per heavy atom. The van der Waals surface area contributed by atoms with Gasteiger partial charge in [-0.15, -0.1) is 0 Å². The van der Waals surface area contributed by atoms with Gasteiger partial charge in [0.15, 0.2) is 0 Å². The van der Waals surface area contributed by atoms with Crippen molar-refractivity contribution in [3.8, 4) is 33.4 Å². The lowest BCUT2D eigenvalue weighted by Gasteiger charge is -2.20. The molecule has 2 heteroatoms. The van der Waals surface area contributed by atoms with E-state index >= 15 is 0 Å². The molecule has 0 N–H and O–H groups in total. The van der Waals surface area contributed by atoms with Gasteiger partial charge in [-0.05, 0) is 124 Å². The zero-order valence-electron chi connectivity index (χ0n) is 31.3. The average Bonchev–Trinajstić information content (AvgIpc) is 3.86. The van der Waals surface area contributed by atoms with Crippen LogP contribution in [0.5, 0.6) is 0 Å². The fourth-order valence-electron chi connectivity index (χ4n) is 9.87. The van der Waals surface area contributed by atoms with Crippen molar-refractivity contribution in [1.82, 2.24) is 0 Å². The zero-order chi connectivity index (χ0) is 37.9. The monoisotopic (exact) mass is 736 g/mol. The van der Waals surface area contributed by atoms with Gasteiger partial charge in [-0.2, -0.15) is 0 Å². The second-order valence-electron chi connectivity index (χ2n) is 15.5. The molecule has 13 aromatic rings. The van der Waals surface area contributed by atoms with Crippen molar-refractivity contribution in [2.45, 2.75) is 0 Å². The molecular weight excluding hydrogens is 705 g/mol. The molecule has 0 amide bonds. The fraction of sp³-hybridized carbons (Fsp3) is 0. The van der Waals surface area contributed by atoms with E-state index < -0.39 is 0 Å². The minimum absolute atomic E-state index is 0.870. The Bertz CT molecular complexity index is 3800. The number of furan rings is 2. The normalized spacial score (nSPS) is 12.1. The Hall–Kier alpha value is -7.68. The van der Waals surface area contributed by atoms with Gasteiger partial charge >= 0.3 is 0 Å². The summed E-state index contributed by atoms with van der Waals surface area (Å²) >= 11 is 0. The van der Waals surface area contributed by atoms with Crippen LogP contribution in [0.2, 0.25) is 0 Å². The molecule has 58 heavy (non-hydrogen) atoms. The summed E-state index contributed by atoms with van der Waals surface area (Å²) in [5, 5.41) is 16.9. The Kier molecular flexibility index (Phi) is 6.47. The van der Waals surface area contributed by atoms with E-state index in [0.29, 0.717) is 0 Å². The number of fused-ring (bicyclic) bond motifs is 12. The van der Waals surface area contributed by atoms with Gasteiger partial charge in [-0.3, -0.25) is 0 Å². The first kappa shape index (κ1) is 31.5. The van der Waals surface area contributed by atoms with Crippen molar-refractivity contribution in [3.05, 3.63) is 194 Å². The zero-order valence-corrected chi connectivity index (χ0v) is 31.3. The SMILES string of the molecule is c1ccc2cc3c(ccc4c(-c5c6ccccc6c(-c6ccc(-c7ccc8c(c7)oc7ccccc78)c7oc8ccccc8c67)c6ccccc56)cccc43)cc2c1. The van der Waals surface area contributed by atoms with Gasteiger partial charge in [0, 0.05) is 27.1 Å². The molecule has 0 aliphatic carbocycles. The van der Waals surface area contributed by atoms with Gasteiger partial charge in [0.1, 0.15) is 22.3 Å². The molecule has 0 atom stereocenters. The van der Waals surface area contributed by atoms with E-state index in [2.05, 4.69) is 182 Å². The van der Waals surface area contributed by atoms with Crippen LogP contribution in [0.3, 0.4) is 0 Å². The molecule has 2 heterocycles. The predicted molar refractivity (Wildman–Crippen MR) is 245 cm³/mol. The number of benzene rings is 11. The van der Waals surface area contributed by atoms with Gasteiger partial charge < -0.3 is 8.83 Å². The smallest absolute Gasteiger partial charge is 0.143 e. The van der Waals surface area contributed by atoms with Gasteiger partial charge in [-0.1, -0.05) is 152 Å². The molecule has 268 valence electrons. The molecule has 0 radical (unpaired) electrons. The van der Waals surface area contributed by atoms with Crippen molar-refractivity contribution in [3.63, 3.8) is 0 Å². The van der Waals surface area contributed by atoms with Crippen LogP contribution in [0, 0.1) is 0 Å². The molecule has 0 bridgehead atoms. The summed E-state index contributed by atoms with van der Waals surface area (Å²) in [6.07, 6.45) is 0. The minimum Gasteiger partial charge on any atom is -0.456 e. The minimum atomic E-state index is 0.870. The van der Waals surface area contributed by atoms with E-state index in [1.165, 1.54) is 70.6 Å². The summed E-state index contributed by atoms with van der Waals surface area (Å²) in [4.78, 5) is 0. The fourth-order valence-corrected chi connectivity index (χ4v) is 9.87. The van der Waals surface area contributed by atoms with Crippen molar-refractivity contribution >= 4 is 97.7 Å². The topological polar surface area (TPSA) is 26.3 Å². The lowest BCUT2D eigenvalue weighted by Crippen LogP contribution is -1.93. The second-order valence-corrected chi connectivity index (χ2v) is 15.5. The van der Waals surface area contributed by atoms with Gasteiger partial charge in [0.2, 0.25) is 0 Å². The van der Waals surface area contributed by atoms with Crippen LogP contribution in [0.1, 0.15) is 0 Å². The van der Waals surface area contributed by atoms with Crippen molar-refractivity contribution in [2.24, 2.45) is 0 Å². The van der Waals surface area contributed by atoms with Crippen LogP contribution >= 0.6 is 0 Å². The molecule has 2 aromatic heterocycles. The van der Waals surface area contributed by atoms with Crippen molar-refractivity contribution < 1.29 is 8.83 Å². The number of rotatable bonds is 3. The summed E-state index contributed by atoms with van der Waals surface area (Å²) < 4.78 is 13.2. The highest BCUT2D eigenvalue weighted by atomic mass is 16.3. The maximum absolute atomic E-state index is 6.87. The Labute approximate surface area is 332 Å². The Morgan fingerprint density at radius 3 is 1.55 bits per heavy atom. The van der Waals surface area contributed by atoms with Gasteiger partial charge in [0.05, 0.1) is 0 Å². The summed E-state index contributed by atoms with van der Waals surface area (Å²) in [5.74, 6) is 0. The van der Waals surface area contributed by atoms with E-state index in [1.54, 1.807) is 0 Å². The Balaban J connectivity index is 1.09. The standard InChI is InChI=1S/C56H32O2/c1-2-13-34-31-49-35(30-33(34)12-1)24-26-39-38(49)20-11-21-42(39)53-43-15-3-5-17-45(43)54(46-18-6-4-16-44(46)53)48-29-28-37(56-55(48)47-19-8-10-23-51(47)58-56)36-25-27-41-40-14-7-9-22-50(40)57-52(41)32-36/h1-32H. The highest BCUT2D eigenvalue weighted by Gasteiger charge is 2.23. The summed E-state index contributed by atoms with van der Waals surface area (Å²) in [6.45, 7) is 0. The molecule has 0 unspecified atom stereocenters. The van der Waals surface area contributed by atoms with Crippen molar-refractivity contribution in [2.75, 3.05) is 0 Å². The van der Waals surface area contributed by atoms with E-state index in [4.69, 9.17) is 8.83 Å². The maximum Gasteiger partial charge on any atom is 0.143 e. The first-order valence-electron chi connectivity index (χ1n) is 19.9.